The predicted octanol–water partition coefficient (Wildman–Crippen LogP) is 3.82. The number of nitrogens with one attached hydrogen (secondary N) is 1. The molecule has 1 aromatic heterocycles. The van der Waals surface area contributed by atoms with E-state index < -0.39 is 0 Å². The second kappa shape index (κ2) is 10.3. The lowest BCUT2D eigenvalue weighted by Gasteiger charge is -2.21. The molecule has 1 saturated heterocycles. The summed E-state index contributed by atoms with van der Waals surface area (Å²) in [5.74, 6) is 1.77. The van der Waals surface area contributed by atoms with Gasteiger partial charge in [0.25, 0.3) is 5.91 Å². The van der Waals surface area contributed by atoms with Crippen molar-refractivity contribution in [2.24, 2.45) is 0 Å². The van der Waals surface area contributed by atoms with E-state index in [1.807, 2.05) is 18.2 Å². The minimum Gasteiger partial charge on any atom is -0.454 e. The minimum atomic E-state index is -0.244. The summed E-state index contributed by atoms with van der Waals surface area (Å²) in [5.41, 5.74) is 3.79. The highest BCUT2D eigenvalue weighted by molar-refractivity contribution is 5.91. The molecular weight excluding hydrogens is 434 g/mol. The Morgan fingerprint density at radius 3 is 2.68 bits per heavy atom. The van der Waals surface area contributed by atoms with Gasteiger partial charge in [0.1, 0.15) is 6.26 Å². The minimum absolute atomic E-state index is 0.0852. The van der Waals surface area contributed by atoms with Crippen molar-refractivity contribution in [2.75, 3.05) is 19.9 Å². The molecule has 1 fully saturated rings. The number of aromatic nitrogens is 1. The number of hydrogen-bond donors (Lipinski definition) is 1. The number of oxazole rings is 1. The molecule has 0 spiro atoms. The van der Waals surface area contributed by atoms with Gasteiger partial charge in [-0.25, -0.2) is 4.98 Å². The lowest BCUT2D eigenvalue weighted by Crippen LogP contribution is -2.32. The van der Waals surface area contributed by atoms with Crippen molar-refractivity contribution in [1.29, 1.82) is 0 Å². The summed E-state index contributed by atoms with van der Waals surface area (Å²) in [4.78, 5) is 19.2. The monoisotopic (exact) mass is 463 g/mol. The van der Waals surface area contributed by atoms with E-state index in [4.69, 9.17) is 18.6 Å². The number of carbonyl (C=O) groups is 1. The Kier molecular flexibility index (Phi) is 6.78. The van der Waals surface area contributed by atoms with E-state index in [1.165, 1.54) is 17.4 Å². The van der Waals surface area contributed by atoms with Crippen LogP contribution in [0.5, 0.6) is 11.5 Å². The van der Waals surface area contributed by atoms with Crippen molar-refractivity contribution in [2.45, 2.75) is 45.5 Å². The van der Waals surface area contributed by atoms with Crippen LogP contribution >= 0.6 is 0 Å². The fourth-order valence-electron chi connectivity index (χ4n) is 4.20. The van der Waals surface area contributed by atoms with Gasteiger partial charge in [-0.3, -0.25) is 9.69 Å². The fraction of sp³-hybridized carbons (Fsp3) is 0.385. The van der Waals surface area contributed by atoms with Gasteiger partial charge in [-0.1, -0.05) is 35.9 Å². The third kappa shape index (κ3) is 5.58. The van der Waals surface area contributed by atoms with Gasteiger partial charge in [0, 0.05) is 26.2 Å². The normalized spacial score (nSPS) is 16.8. The molecule has 8 nitrogen and oxygen atoms in total. The molecule has 5 rings (SSSR count). The number of ether oxygens (including phenoxy) is 3. The van der Waals surface area contributed by atoms with Crippen LogP contribution in [0.25, 0.3) is 0 Å². The maximum Gasteiger partial charge on any atom is 0.273 e. The lowest BCUT2D eigenvalue weighted by atomic mass is 10.1. The van der Waals surface area contributed by atoms with E-state index in [0.29, 0.717) is 32.1 Å². The van der Waals surface area contributed by atoms with E-state index >= 15 is 0 Å². The fourth-order valence-corrected chi connectivity index (χ4v) is 4.20. The highest BCUT2D eigenvalue weighted by Gasteiger charge is 2.20. The summed E-state index contributed by atoms with van der Waals surface area (Å²) < 4.78 is 22.2. The molecule has 0 saturated carbocycles. The first-order valence-electron chi connectivity index (χ1n) is 11.6. The van der Waals surface area contributed by atoms with Crippen molar-refractivity contribution < 1.29 is 23.4 Å². The maximum atomic E-state index is 12.5. The van der Waals surface area contributed by atoms with E-state index in [0.717, 1.165) is 36.5 Å². The number of benzene rings is 2. The second-order valence-electron chi connectivity index (χ2n) is 8.79. The topological polar surface area (TPSA) is 86.1 Å². The number of hydrogen-bond acceptors (Lipinski definition) is 7. The number of rotatable bonds is 9. The SMILES string of the molecule is Cc1ccc(CN(Cc2ccc3c(c2)OCO3)Cc2nc(C(=O)NC[C@H]3CCCO3)co2)cc1. The summed E-state index contributed by atoms with van der Waals surface area (Å²) in [7, 11) is 0. The van der Waals surface area contributed by atoms with Crippen molar-refractivity contribution in [3.8, 4) is 11.5 Å². The number of amides is 1. The third-order valence-electron chi connectivity index (χ3n) is 6.03. The van der Waals surface area contributed by atoms with Crippen LogP contribution in [-0.2, 0) is 24.4 Å². The van der Waals surface area contributed by atoms with Crippen LogP contribution in [-0.4, -0.2) is 41.8 Å². The molecule has 1 N–H and O–H groups in total. The van der Waals surface area contributed by atoms with Gasteiger partial charge in [-0.15, -0.1) is 0 Å². The molecule has 2 aliphatic heterocycles. The van der Waals surface area contributed by atoms with Crippen LogP contribution in [0, 0.1) is 6.92 Å². The number of aryl methyl sites for hydroxylation is 1. The van der Waals surface area contributed by atoms with Crippen LogP contribution in [0.3, 0.4) is 0 Å². The average Bonchev–Trinajstić information content (AvgIpc) is 3.61. The van der Waals surface area contributed by atoms with Gasteiger partial charge >= 0.3 is 0 Å². The molecule has 1 amide bonds. The smallest absolute Gasteiger partial charge is 0.273 e. The van der Waals surface area contributed by atoms with Gasteiger partial charge in [0.2, 0.25) is 12.7 Å². The Labute approximate surface area is 198 Å². The first-order chi connectivity index (χ1) is 16.6. The Balaban J connectivity index is 1.27. The summed E-state index contributed by atoms with van der Waals surface area (Å²) in [6.45, 7) is 5.40. The molecule has 0 bridgehead atoms. The van der Waals surface area contributed by atoms with Crippen LogP contribution in [0.2, 0.25) is 0 Å². The highest BCUT2D eigenvalue weighted by atomic mass is 16.7. The molecule has 3 aromatic rings. The first kappa shape index (κ1) is 22.4. The summed E-state index contributed by atoms with van der Waals surface area (Å²) in [6.07, 6.45) is 3.51. The molecule has 0 aliphatic carbocycles. The predicted molar refractivity (Wildman–Crippen MR) is 125 cm³/mol. The lowest BCUT2D eigenvalue weighted by molar-refractivity contribution is 0.0853. The Hall–Kier alpha value is -3.36. The van der Waals surface area contributed by atoms with E-state index in [9.17, 15) is 4.79 Å². The molecule has 178 valence electrons. The van der Waals surface area contributed by atoms with Crippen molar-refractivity contribution in [3.63, 3.8) is 0 Å². The molecule has 1 atom stereocenters. The first-order valence-corrected chi connectivity index (χ1v) is 11.6. The van der Waals surface area contributed by atoms with Crippen LogP contribution in [0.1, 0.15) is 45.9 Å². The molecule has 34 heavy (non-hydrogen) atoms. The number of fused-ring (bicyclic) bond motifs is 1. The Morgan fingerprint density at radius 1 is 1.06 bits per heavy atom. The Bertz CT molecular complexity index is 1120. The van der Waals surface area contributed by atoms with Crippen molar-refractivity contribution in [3.05, 3.63) is 77.0 Å². The largest absolute Gasteiger partial charge is 0.454 e. The van der Waals surface area contributed by atoms with Gasteiger partial charge < -0.3 is 23.9 Å². The van der Waals surface area contributed by atoms with Crippen molar-refractivity contribution >= 4 is 5.91 Å². The maximum absolute atomic E-state index is 12.5. The molecule has 0 radical (unpaired) electrons. The second-order valence-corrected chi connectivity index (χ2v) is 8.79. The average molecular weight is 464 g/mol. The zero-order valence-electron chi connectivity index (χ0n) is 19.3. The molecule has 8 heteroatoms. The zero-order chi connectivity index (χ0) is 23.3. The van der Waals surface area contributed by atoms with E-state index in [-0.39, 0.29) is 24.5 Å². The number of nitrogens with zero attached hydrogens (tertiary/aromatic N) is 2. The number of carbonyl (C=O) groups excluding carboxylic acids is 1. The van der Waals surface area contributed by atoms with Gasteiger partial charge in [0.15, 0.2) is 17.2 Å². The summed E-state index contributed by atoms with van der Waals surface area (Å²) >= 11 is 0. The molecule has 2 aromatic carbocycles. The quantitative estimate of drug-likeness (QED) is 0.516. The molecule has 3 heterocycles. The third-order valence-corrected chi connectivity index (χ3v) is 6.03. The van der Waals surface area contributed by atoms with Crippen LogP contribution < -0.4 is 14.8 Å². The standard InChI is InChI=1S/C26H29N3O5/c1-18-4-6-19(7-5-18)13-29(14-20-8-9-23-24(11-20)34-17-33-23)15-25-28-22(16-32-25)26(30)27-12-21-3-2-10-31-21/h4-9,11,16,21H,2-3,10,12-15,17H2,1H3,(H,27,30)/t21-/m1/s1. The van der Waals surface area contributed by atoms with Gasteiger partial charge in [-0.05, 0) is 43.0 Å². The molecule has 2 aliphatic rings. The van der Waals surface area contributed by atoms with Crippen molar-refractivity contribution in [1.82, 2.24) is 15.2 Å². The summed E-state index contributed by atoms with van der Waals surface area (Å²) in [6, 6.07) is 14.4. The van der Waals surface area contributed by atoms with Gasteiger partial charge in [-0.2, -0.15) is 0 Å². The van der Waals surface area contributed by atoms with Crippen LogP contribution in [0.15, 0.2) is 53.1 Å². The highest BCUT2D eigenvalue weighted by Crippen LogP contribution is 2.33. The van der Waals surface area contributed by atoms with Crippen LogP contribution in [0.4, 0.5) is 0 Å². The van der Waals surface area contributed by atoms with E-state index in [2.05, 4.69) is 46.4 Å². The molecular formula is C26H29N3O5. The summed E-state index contributed by atoms with van der Waals surface area (Å²) in [5, 5.41) is 2.89. The van der Waals surface area contributed by atoms with Gasteiger partial charge in [0.05, 0.1) is 12.6 Å². The molecule has 0 unspecified atom stereocenters. The Morgan fingerprint density at radius 2 is 1.85 bits per heavy atom. The van der Waals surface area contributed by atoms with E-state index in [1.54, 1.807) is 0 Å². The zero-order valence-corrected chi connectivity index (χ0v) is 19.3.